The number of hydrogen-bond donors (Lipinski definition) is 1. The highest BCUT2D eigenvalue weighted by Gasteiger charge is 2.27. The van der Waals surface area contributed by atoms with Crippen LogP contribution in [0.1, 0.15) is 40.9 Å². The van der Waals surface area contributed by atoms with Crippen LogP contribution >= 0.6 is 11.6 Å². The predicted octanol–water partition coefficient (Wildman–Crippen LogP) is 3.44. The lowest BCUT2D eigenvalue weighted by atomic mass is 10.0. The molecule has 2 heterocycles. The molecule has 0 aromatic heterocycles. The Hall–Kier alpha value is -2.41. The molecule has 1 unspecified atom stereocenters. The number of anilines is 1. The molecule has 1 N–H and O–H groups in total. The van der Waals surface area contributed by atoms with Gasteiger partial charge >= 0.3 is 0 Å². The van der Waals surface area contributed by atoms with E-state index < -0.39 is 0 Å². The Balaban J connectivity index is 1.48. The van der Waals surface area contributed by atoms with E-state index in [4.69, 9.17) is 16.3 Å². The molecular formula is C24H28ClN3O3. The van der Waals surface area contributed by atoms with Crippen molar-refractivity contribution in [2.45, 2.75) is 25.8 Å². The SMILES string of the molecule is CCC(=O)N1CCc2cc(C(=O)NCC(c3ccccc3Cl)N3CCOCC3)ccc21. The summed E-state index contributed by atoms with van der Waals surface area (Å²) in [6.07, 6.45) is 1.25. The monoisotopic (exact) mass is 441 g/mol. The first-order valence-electron chi connectivity index (χ1n) is 10.9. The minimum absolute atomic E-state index is 0.0198. The van der Waals surface area contributed by atoms with Gasteiger partial charge in [-0.1, -0.05) is 36.7 Å². The lowest BCUT2D eigenvalue weighted by Crippen LogP contribution is -2.44. The smallest absolute Gasteiger partial charge is 0.251 e. The number of benzene rings is 2. The molecule has 6 nitrogen and oxygen atoms in total. The second-order valence-electron chi connectivity index (χ2n) is 7.89. The lowest BCUT2D eigenvalue weighted by Gasteiger charge is -2.35. The van der Waals surface area contributed by atoms with Crippen molar-refractivity contribution in [2.24, 2.45) is 0 Å². The molecule has 1 atom stereocenters. The Morgan fingerprint density at radius 3 is 2.65 bits per heavy atom. The van der Waals surface area contributed by atoms with Crippen LogP contribution in [0.5, 0.6) is 0 Å². The highest BCUT2D eigenvalue weighted by molar-refractivity contribution is 6.31. The van der Waals surface area contributed by atoms with E-state index in [1.807, 2.05) is 48.2 Å². The standard InChI is InChI=1S/C24H28ClN3O3/c1-2-23(29)28-10-9-17-15-18(7-8-21(17)28)24(30)26-16-22(27-11-13-31-14-12-27)19-5-3-4-6-20(19)25/h3-8,15,22H,2,9-14,16H2,1H3,(H,26,30). The third kappa shape index (κ3) is 4.76. The molecule has 0 radical (unpaired) electrons. The summed E-state index contributed by atoms with van der Waals surface area (Å²) in [7, 11) is 0. The van der Waals surface area contributed by atoms with Crippen LogP contribution in [0.25, 0.3) is 0 Å². The zero-order chi connectivity index (χ0) is 21.8. The summed E-state index contributed by atoms with van der Waals surface area (Å²) in [6.45, 7) is 5.95. The largest absolute Gasteiger partial charge is 0.379 e. The molecule has 2 amide bonds. The fourth-order valence-electron chi connectivity index (χ4n) is 4.35. The quantitative estimate of drug-likeness (QED) is 0.745. The number of nitrogens with one attached hydrogen (secondary N) is 1. The Morgan fingerprint density at radius 1 is 1.13 bits per heavy atom. The molecule has 0 bridgehead atoms. The van der Waals surface area contributed by atoms with E-state index in [0.29, 0.717) is 43.3 Å². The summed E-state index contributed by atoms with van der Waals surface area (Å²) in [5, 5.41) is 3.80. The Morgan fingerprint density at radius 2 is 1.90 bits per heavy atom. The molecule has 2 aliphatic heterocycles. The van der Waals surface area contributed by atoms with E-state index >= 15 is 0 Å². The number of amides is 2. The molecule has 2 aromatic carbocycles. The molecule has 7 heteroatoms. The normalized spacial score (nSPS) is 17.3. The van der Waals surface area contributed by atoms with Gasteiger partial charge in [0.1, 0.15) is 0 Å². The molecule has 164 valence electrons. The van der Waals surface area contributed by atoms with Gasteiger partial charge in [-0.2, -0.15) is 0 Å². The maximum absolute atomic E-state index is 13.0. The summed E-state index contributed by atoms with van der Waals surface area (Å²) in [6, 6.07) is 13.4. The number of morpholine rings is 1. The van der Waals surface area contributed by atoms with Crippen molar-refractivity contribution in [3.05, 3.63) is 64.2 Å². The van der Waals surface area contributed by atoms with Crippen molar-refractivity contribution in [1.29, 1.82) is 0 Å². The van der Waals surface area contributed by atoms with Crippen LogP contribution in [-0.2, 0) is 16.0 Å². The van der Waals surface area contributed by atoms with Gasteiger partial charge in [0.2, 0.25) is 5.91 Å². The van der Waals surface area contributed by atoms with Crippen molar-refractivity contribution in [3.63, 3.8) is 0 Å². The number of hydrogen-bond acceptors (Lipinski definition) is 4. The van der Waals surface area contributed by atoms with Gasteiger partial charge in [0.15, 0.2) is 0 Å². The van der Waals surface area contributed by atoms with E-state index in [0.717, 1.165) is 36.3 Å². The van der Waals surface area contributed by atoms with Gasteiger partial charge < -0.3 is 15.0 Å². The number of carbonyl (C=O) groups excluding carboxylic acids is 2. The first-order chi connectivity index (χ1) is 15.1. The van der Waals surface area contributed by atoms with Crippen LogP contribution in [0.2, 0.25) is 5.02 Å². The van der Waals surface area contributed by atoms with Crippen LogP contribution in [0.15, 0.2) is 42.5 Å². The lowest BCUT2D eigenvalue weighted by molar-refractivity contribution is -0.118. The van der Waals surface area contributed by atoms with Crippen LogP contribution in [0, 0.1) is 0 Å². The number of rotatable bonds is 6. The van der Waals surface area contributed by atoms with Crippen LogP contribution in [0.3, 0.4) is 0 Å². The van der Waals surface area contributed by atoms with Gasteiger partial charge in [0, 0.05) is 48.9 Å². The molecule has 4 rings (SSSR count). The first kappa shape index (κ1) is 21.8. The van der Waals surface area contributed by atoms with Crippen LogP contribution in [0.4, 0.5) is 5.69 Å². The van der Waals surface area contributed by atoms with Crippen molar-refractivity contribution < 1.29 is 14.3 Å². The first-order valence-corrected chi connectivity index (χ1v) is 11.2. The van der Waals surface area contributed by atoms with Crippen molar-refractivity contribution in [3.8, 4) is 0 Å². The van der Waals surface area contributed by atoms with Crippen LogP contribution in [-0.4, -0.2) is 56.1 Å². The zero-order valence-corrected chi connectivity index (χ0v) is 18.5. The zero-order valence-electron chi connectivity index (χ0n) is 17.8. The van der Waals surface area contributed by atoms with E-state index in [-0.39, 0.29) is 17.9 Å². The van der Waals surface area contributed by atoms with Gasteiger partial charge in [0.25, 0.3) is 5.91 Å². The average Bonchev–Trinajstić information content (AvgIpc) is 3.23. The Labute approximate surface area is 188 Å². The third-order valence-electron chi connectivity index (χ3n) is 6.05. The fraction of sp³-hybridized carbons (Fsp3) is 0.417. The van der Waals surface area contributed by atoms with E-state index in [1.165, 1.54) is 0 Å². The fourth-order valence-corrected chi connectivity index (χ4v) is 4.62. The predicted molar refractivity (Wildman–Crippen MR) is 122 cm³/mol. The Bertz CT molecular complexity index is 959. The number of nitrogens with zero attached hydrogens (tertiary/aromatic N) is 2. The summed E-state index contributed by atoms with van der Waals surface area (Å²) in [4.78, 5) is 29.2. The van der Waals surface area contributed by atoms with Crippen LogP contribution < -0.4 is 10.2 Å². The molecule has 1 fully saturated rings. The number of ether oxygens (including phenoxy) is 1. The van der Waals surface area contributed by atoms with Gasteiger partial charge in [-0.05, 0) is 41.8 Å². The summed E-state index contributed by atoms with van der Waals surface area (Å²) < 4.78 is 5.50. The second kappa shape index (κ2) is 9.81. The third-order valence-corrected chi connectivity index (χ3v) is 6.39. The second-order valence-corrected chi connectivity index (χ2v) is 8.30. The minimum atomic E-state index is -0.117. The average molecular weight is 442 g/mol. The summed E-state index contributed by atoms with van der Waals surface area (Å²) in [5.41, 5.74) is 3.59. The summed E-state index contributed by atoms with van der Waals surface area (Å²) >= 11 is 6.48. The van der Waals surface area contributed by atoms with E-state index in [1.54, 1.807) is 6.07 Å². The highest BCUT2D eigenvalue weighted by Crippen LogP contribution is 2.30. The molecular weight excluding hydrogens is 414 g/mol. The van der Waals surface area contributed by atoms with E-state index in [2.05, 4.69) is 10.2 Å². The molecule has 1 saturated heterocycles. The Kier molecular flexibility index (Phi) is 6.90. The highest BCUT2D eigenvalue weighted by atomic mass is 35.5. The molecule has 0 aliphatic carbocycles. The number of halogens is 1. The molecule has 0 spiro atoms. The maximum atomic E-state index is 13.0. The van der Waals surface area contributed by atoms with Gasteiger partial charge in [-0.25, -0.2) is 0 Å². The molecule has 2 aliphatic rings. The van der Waals surface area contributed by atoms with Gasteiger partial charge in [-0.15, -0.1) is 0 Å². The van der Waals surface area contributed by atoms with Crippen molar-refractivity contribution in [1.82, 2.24) is 10.2 Å². The topological polar surface area (TPSA) is 61.9 Å². The van der Waals surface area contributed by atoms with Crippen molar-refractivity contribution in [2.75, 3.05) is 44.3 Å². The molecule has 2 aromatic rings. The van der Waals surface area contributed by atoms with Gasteiger partial charge in [0.05, 0.1) is 19.3 Å². The minimum Gasteiger partial charge on any atom is -0.379 e. The van der Waals surface area contributed by atoms with Gasteiger partial charge in [-0.3, -0.25) is 14.5 Å². The number of fused-ring (bicyclic) bond motifs is 1. The van der Waals surface area contributed by atoms with E-state index in [9.17, 15) is 9.59 Å². The molecule has 0 saturated carbocycles. The summed E-state index contributed by atoms with van der Waals surface area (Å²) in [5.74, 6) is -0.00238. The molecule has 31 heavy (non-hydrogen) atoms. The van der Waals surface area contributed by atoms with Crippen molar-refractivity contribution >= 4 is 29.1 Å². The number of carbonyl (C=O) groups is 2. The maximum Gasteiger partial charge on any atom is 0.251 e.